The zero-order valence-corrected chi connectivity index (χ0v) is 32.1. The van der Waals surface area contributed by atoms with E-state index in [1.807, 2.05) is 18.2 Å². The van der Waals surface area contributed by atoms with E-state index in [1.165, 1.54) is 75.3 Å². The molecule has 0 aliphatic heterocycles. The van der Waals surface area contributed by atoms with Crippen molar-refractivity contribution in [1.82, 2.24) is 0 Å². The van der Waals surface area contributed by atoms with E-state index in [4.69, 9.17) is 5.73 Å². The molecular weight excluding hydrogens is 679 g/mol. The third kappa shape index (κ3) is 11.0. The molecule has 3 aromatic rings. The second-order valence-corrected chi connectivity index (χ2v) is 16.8. The van der Waals surface area contributed by atoms with Crippen LogP contribution in [0, 0.1) is 0 Å². The third-order valence-electron chi connectivity index (χ3n) is 9.80. The zero-order valence-electron chi connectivity index (χ0n) is 28.9. The minimum absolute atomic E-state index is 0. The van der Waals surface area contributed by atoms with Gasteiger partial charge in [0.25, 0.3) is 0 Å². The van der Waals surface area contributed by atoms with Gasteiger partial charge < -0.3 is 18.1 Å². The van der Waals surface area contributed by atoms with Crippen LogP contribution in [-0.2, 0) is 26.8 Å². The number of hydrogen-bond donors (Lipinski definition) is 1. The van der Waals surface area contributed by atoms with Crippen molar-refractivity contribution < 1.29 is 32.8 Å². The topological polar surface area (TPSA) is 26.0 Å². The number of nitrogens with two attached hydrogens (primary N) is 1. The Morgan fingerprint density at radius 3 is 1.56 bits per heavy atom. The van der Waals surface area contributed by atoms with E-state index in [0.717, 1.165) is 24.3 Å². The molecule has 252 valence electrons. The van der Waals surface area contributed by atoms with E-state index in [1.54, 1.807) is 27.6 Å². The molecule has 0 aromatic heterocycles. The Labute approximate surface area is 298 Å². The number of benzene rings is 3. The zero-order chi connectivity index (χ0) is 30.8. The molecule has 0 bridgehead atoms. The van der Waals surface area contributed by atoms with Crippen LogP contribution in [-0.4, -0.2) is 17.9 Å². The summed E-state index contributed by atoms with van der Waals surface area (Å²) in [6.45, 7) is 15.1. The minimum atomic E-state index is -0.120. The van der Waals surface area contributed by atoms with Crippen LogP contribution in [0.1, 0.15) is 146 Å². The summed E-state index contributed by atoms with van der Waals surface area (Å²) < 4.78 is 0. The van der Waals surface area contributed by atoms with E-state index in [2.05, 4.69) is 90.1 Å². The van der Waals surface area contributed by atoms with Crippen LogP contribution in [0.3, 0.4) is 0 Å². The first-order chi connectivity index (χ1) is 20.8. The molecule has 2 saturated carbocycles. The Morgan fingerprint density at radius 1 is 0.644 bits per heavy atom. The molecule has 4 heteroatoms. The fourth-order valence-corrected chi connectivity index (χ4v) is 11.3. The van der Waals surface area contributed by atoms with Crippen molar-refractivity contribution in [2.45, 2.75) is 141 Å². The van der Waals surface area contributed by atoms with Gasteiger partial charge in [-0.25, -0.2) is 0 Å². The van der Waals surface area contributed by atoms with Crippen LogP contribution in [0.15, 0.2) is 66.7 Å². The van der Waals surface area contributed by atoms with Crippen molar-refractivity contribution in [3.05, 3.63) is 89.0 Å². The molecule has 0 unspecified atom stereocenters. The maximum atomic E-state index is 5.36. The normalized spacial score (nSPS) is 15.9. The molecule has 0 heterocycles. The molecule has 5 rings (SSSR count). The molecule has 2 fully saturated rings. The predicted molar refractivity (Wildman–Crippen MR) is 194 cm³/mol. The molecule has 3 aromatic carbocycles. The molecule has 2 aliphatic carbocycles. The summed E-state index contributed by atoms with van der Waals surface area (Å²) in [6, 6.07) is 25.1. The van der Waals surface area contributed by atoms with Crippen molar-refractivity contribution in [1.29, 1.82) is 0 Å². The molecular formula is C41H60ClNPPd-. The van der Waals surface area contributed by atoms with Gasteiger partial charge in [-0.15, -0.1) is 0 Å². The van der Waals surface area contributed by atoms with Crippen LogP contribution in [0.5, 0.6) is 0 Å². The van der Waals surface area contributed by atoms with Gasteiger partial charge in [0.1, 0.15) is 0 Å². The molecule has 2 N–H and O–H groups in total. The smallest absolute Gasteiger partial charge is 0 e. The minimum Gasteiger partial charge on any atom is -1.00 e. The van der Waals surface area contributed by atoms with E-state index in [-0.39, 0.29) is 40.8 Å². The summed E-state index contributed by atoms with van der Waals surface area (Å²) >= 11 is 0. The van der Waals surface area contributed by atoms with Gasteiger partial charge in [-0.2, -0.15) is 0 Å². The van der Waals surface area contributed by atoms with E-state index < -0.39 is 0 Å². The fraction of sp³-hybridized carbons (Fsp3) is 0.561. The molecule has 1 nitrogen and oxygen atoms in total. The summed E-state index contributed by atoms with van der Waals surface area (Å²) in [6.07, 6.45) is 15.6. The van der Waals surface area contributed by atoms with Gasteiger partial charge in [0, 0.05) is 20.4 Å². The van der Waals surface area contributed by atoms with Crippen LogP contribution >= 0.6 is 7.92 Å². The third-order valence-corrected chi connectivity index (χ3v) is 13.3. The Hall–Kier alpha value is -0.998. The summed E-state index contributed by atoms with van der Waals surface area (Å²) in [5.41, 5.74) is 16.4. The van der Waals surface area contributed by atoms with Crippen molar-refractivity contribution in [3.63, 3.8) is 0 Å². The molecule has 0 amide bonds. The second-order valence-electron chi connectivity index (χ2n) is 14.1. The molecule has 2 aliphatic rings. The van der Waals surface area contributed by atoms with Gasteiger partial charge >= 0.3 is 0 Å². The summed E-state index contributed by atoms with van der Waals surface area (Å²) in [7, 11) is -0.120. The van der Waals surface area contributed by atoms with Gasteiger partial charge in [-0.1, -0.05) is 155 Å². The Balaban J connectivity index is 0.000000554. The van der Waals surface area contributed by atoms with Crippen LogP contribution < -0.4 is 23.4 Å². The standard InChI is InChI=1S/C33H49P.C8H11N.ClH.Pd/c1-23(2)26-21-30(24(3)4)33(31(22-26)25(5)6)29-19-13-14-20-32(29)34(27-15-9-7-10-16-27)28-17-11-8-12-18-28;9-7-6-8-4-2-1-3-5-8;;/h13-14,19-25,27-28H,7-12,15-18H2,1-6H3;1-5H,6-7,9H2;1H;/p-1. The van der Waals surface area contributed by atoms with Crippen molar-refractivity contribution >= 4 is 13.2 Å². The van der Waals surface area contributed by atoms with Gasteiger partial charge in [0.2, 0.25) is 0 Å². The maximum Gasteiger partial charge on any atom is 0 e. The average molecular weight is 740 g/mol. The maximum absolute atomic E-state index is 5.36. The molecule has 0 spiro atoms. The predicted octanol–water partition coefficient (Wildman–Crippen LogP) is 8.69. The molecule has 45 heavy (non-hydrogen) atoms. The number of halogens is 1. The monoisotopic (exact) mass is 738 g/mol. The van der Waals surface area contributed by atoms with Crippen LogP contribution in [0.25, 0.3) is 11.1 Å². The van der Waals surface area contributed by atoms with Gasteiger partial charge in [-0.05, 0) is 106 Å². The van der Waals surface area contributed by atoms with E-state index in [0.29, 0.717) is 17.8 Å². The first kappa shape index (κ1) is 40.2. The largest absolute Gasteiger partial charge is 1.00 e. The first-order valence-corrected chi connectivity index (χ1v) is 19.1. The molecule has 0 atom stereocenters. The summed E-state index contributed by atoms with van der Waals surface area (Å²) in [5, 5.41) is 1.75. The number of hydrogen-bond acceptors (Lipinski definition) is 1. The van der Waals surface area contributed by atoms with Gasteiger partial charge in [0.05, 0.1) is 0 Å². The van der Waals surface area contributed by atoms with E-state index in [9.17, 15) is 0 Å². The molecule has 0 radical (unpaired) electrons. The van der Waals surface area contributed by atoms with Crippen LogP contribution in [0.2, 0.25) is 0 Å². The van der Waals surface area contributed by atoms with E-state index >= 15 is 0 Å². The summed E-state index contributed by atoms with van der Waals surface area (Å²) in [5.74, 6) is 1.64. The van der Waals surface area contributed by atoms with Crippen molar-refractivity contribution in [2.24, 2.45) is 5.73 Å². The Morgan fingerprint density at radius 2 is 1.11 bits per heavy atom. The average Bonchev–Trinajstić information content (AvgIpc) is 3.03. The summed E-state index contributed by atoms with van der Waals surface area (Å²) in [4.78, 5) is 0. The quantitative estimate of drug-likeness (QED) is 0.173. The molecule has 0 saturated heterocycles. The SMILES string of the molecule is CC(C)c1cc(C(C)C)c(-c2ccccc2P(C2CCCCC2)C2CCCCC2)c(C(C)C)c1.NCCc1ccccc1.[Cl-].[Pd]. The van der Waals surface area contributed by atoms with Crippen molar-refractivity contribution in [2.75, 3.05) is 6.54 Å². The van der Waals surface area contributed by atoms with Gasteiger partial charge in [0.15, 0.2) is 0 Å². The van der Waals surface area contributed by atoms with Gasteiger partial charge in [-0.3, -0.25) is 0 Å². The second kappa shape index (κ2) is 20.4. The van der Waals surface area contributed by atoms with Crippen LogP contribution in [0.4, 0.5) is 0 Å². The van der Waals surface area contributed by atoms with Crippen molar-refractivity contribution in [3.8, 4) is 11.1 Å². The Kier molecular flexibility index (Phi) is 18.2. The Bertz CT molecular complexity index is 1200. The number of rotatable bonds is 9. The fourth-order valence-electron chi connectivity index (χ4n) is 7.40. The first-order valence-electron chi connectivity index (χ1n) is 17.6.